The average molecular weight is 449 g/mol. The molecule has 0 aliphatic heterocycles. The molecule has 2 aromatic heterocycles. The molecule has 3 rings (SSSR count). The molecule has 174 valence electrons. The van der Waals surface area contributed by atoms with Gasteiger partial charge in [-0.3, -0.25) is 9.59 Å². The van der Waals surface area contributed by atoms with E-state index >= 15 is 0 Å². The fourth-order valence-electron chi connectivity index (χ4n) is 3.81. The predicted octanol–water partition coefficient (Wildman–Crippen LogP) is 3.63. The maximum Gasteiger partial charge on any atom is 0.267 e. The number of aromatic nitrogens is 2. The number of carbonyl (C=O) groups excluding carboxylic acids is 2. The van der Waals surface area contributed by atoms with Gasteiger partial charge in [-0.2, -0.15) is 0 Å². The van der Waals surface area contributed by atoms with Crippen LogP contribution in [-0.2, 0) is 13.5 Å². The molecule has 1 N–H and O–H groups in total. The molecule has 2 heterocycles. The van der Waals surface area contributed by atoms with Crippen LogP contribution in [0.25, 0.3) is 0 Å². The number of hydrogen-bond donors (Lipinski definition) is 1. The van der Waals surface area contributed by atoms with E-state index in [-0.39, 0.29) is 17.9 Å². The molecule has 0 spiro atoms. The van der Waals surface area contributed by atoms with Crippen molar-refractivity contribution >= 4 is 11.8 Å². The van der Waals surface area contributed by atoms with E-state index in [1.165, 1.54) is 0 Å². The number of nitrogens with zero attached hydrogens (tertiary/aromatic N) is 3. The summed E-state index contributed by atoms with van der Waals surface area (Å²) in [5.41, 5.74) is 3.01. The van der Waals surface area contributed by atoms with Crippen LogP contribution in [0.4, 0.5) is 0 Å². The van der Waals surface area contributed by atoms with Crippen LogP contribution in [0.1, 0.15) is 45.4 Å². The number of nitrogens with one attached hydrogen (secondary N) is 1. The van der Waals surface area contributed by atoms with Crippen LogP contribution < -0.4 is 10.1 Å². The fraction of sp³-hybridized carbons (Fsp3) is 0.346. The maximum absolute atomic E-state index is 13.4. The van der Waals surface area contributed by atoms with Crippen molar-refractivity contribution in [3.8, 4) is 5.88 Å². The molecule has 7 heteroatoms. The molecular weight excluding hydrogens is 416 g/mol. The Morgan fingerprint density at radius 1 is 1.15 bits per heavy atom. The minimum Gasteiger partial charge on any atom is -0.478 e. The van der Waals surface area contributed by atoms with Crippen LogP contribution in [0.5, 0.6) is 5.88 Å². The van der Waals surface area contributed by atoms with Crippen LogP contribution in [0.2, 0.25) is 0 Å². The summed E-state index contributed by atoms with van der Waals surface area (Å²) in [6.45, 7) is 4.67. The van der Waals surface area contributed by atoms with E-state index in [1.807, 2.05) is 58.4 Å². The van der Waals surface area contributed by atoms with E-state index in [9.17, 15) is 9.59 Å². The Kier molecular flexibility index (Phi) is 8.24. The van der Waals surface area contributed by atoms with Crippen LogP contribution in [0.3, 0.4) is 0 Å². The highest BCUT2D eigenvalue weighted by Gasteiger charge is 2.23. The van der Waals surface area contributed by atoms with Gasteiger partial charge < -0.3 is 19.5 Å². The van der Waals surface area contributed by atoms with E-state index in [2.05, 4.69) is 22.4 Å². The lowest BCUT2D eigenvalue weighted by Gasteiger charge is -2.29. The summed E-state index contributed by atoms with van der Waals surface area (Å²) in [5.74, 6) is 0.223. The standard InChI is InChI=1S/C26H32N4O3/c1-5-33-24-18-21(16-19(2)28-24)26(32)30(4)22(17-20-10-7-6-8-11-20)13-14-27-25(31)23-12-9-15-29(23)3/h6-12,15-16,18,22H,5,13-14,17H2,1-4H3,(H,27,31)/t22-/m1/s1. The maximum atomic E-state index is 13.4. The second kappa shape index (κ2) is 11.3. The van der Waals surface area contributed by atoms with Gasteiger partial charge in [0.25, 0.3) is 11.8 Å². The van der Waals surface area contributed by atoms with Gasteiger partial charge in [0, 0.05) is 50.2 Å². The van der Waals surface area contributed by atoms with Crippen LogP contribution in [0, 0.1) is 6.92 Å². The third-order valence-electron chi connectivity index (χ3n) is 5.59. The molecule has 2 amide bonds. The highest BCUT2D eigenvalue weighted by molar-refractivity contribution is 5.94. The fourth-order valence-corrected chi connectivity index (χ4v) is 3.81. The van der Waals surface area contributed by atoms with Crippen molar-refractivity contribution < 1.29 is 14.3 Å². The van der Waals surface area contributed by atoms with Gasteiger partial charge in [-0.1, -0.05) is 30.3 Å². The Morgan fingerprint density at radius 3 is 2.58 bits per heavy atom. The zero-order valence-corrected chi connectivity index (χ0v) is 19.7. The van der Waals surface area contributed by atoms with Crippen molar-refractivity contribution in [3.63, 3.8) is 0 Å². The van der Waals surface area contributed by atoms with Gasteiger partial charge in [-0.25, -0.2) is 4.98 Å². The highest BCUT2D eigenvalue weighted by Crippen LogP contribution is 2.18. The number of pyridine rings is 1. The van der Waals surface area contributed by atoms with Gasteiger partial charge in [-0.05, 0) is 50.5 Å². The van der Waals surface area contributed by atoms with Gasteiger partial charge in [0.2, 0.25) is 5.88 Å². The van der Waals surface area contributed by atoms with Crippen molar-refractivity contribution in [2.24, 2.45) is 7.05 Å². The lowest BCUT2D eigenvalue weighted by molar-refractivity contribution is 0.0722. The van der Waals surface area contributed by atoms with Crippen LogP contribution in [0.15, 0.2) is 60.8 Å². The number of aryl methyl sites for hydroxylation is 2. The monoisotopic (exact) mass is 448 g/mol. The van der Waals surface area contributed by atoms with Crippen molar-refractivity contribution in [3.05, 3.63) is 83.3 Å². The molecule has 0 fully saturated rings. The first-order valence-corrected chi connectivity index (χ1v) is 11.2. The molecule has 0 aliphatic carbocycles. The Morgan fingerprint density at radius 2 is 1.91 bits per heavy atom. The van der Waals surface area contributed by atoms with E-state index in [0.29, 0.717) is 43.1 Å². The number of ether oxygens (including phenoxy) is 1. The Labute approximate surface area is 195 Å². The van der Waals surface area contributed by atoms with Gasteiger partial charge in [-0.15, -0.1) is 0 Å². The molecule has 0 saturated heterocycles. The van der Waals surface area contributed by atoms with Crippen LogP contribution >= 0.6 is 0 Å². The molecule has 3 aromatic rings. The summed E-state index contributed by atoms with van der Waals surface area (Å²) in [5, 5.41) is 2.98. The lowest BCUT2D eigenvalue weighted by atomic mass is 10.0. The SMILES string of the molecule is CCOc1cc(C(=O)N(C)[C@H](CCNC(=O)c2cccn2C)Cc2ccccc2)cc(C)n1. The summed E-state index contributed by atoms with van der Waals surface area (Å²) in [6.07, 6.45) is 3.15. The minimum atomic E-state index is -0.124. The number of amides is 2. The topological polar surface area (TPSA) is 76.5 Å². The van der Waals surface area contributed by atoms with Gasteiger partial charge >= 0.3 is 0 Å². The molecular formula is C26H32N4O3. The molecule has 7 nitrogen and oxygen atoms in total. The third-order valence-corrected chi connectivity index (χ3v) is 5.59. The number of rotatable bonds is 10. The molecule has 0 aliphatic rings. The van der Waals surface area contributed by atoms with E-state index in [4.69, 9.17) is 4.74 Å². The Bertz CT molecular complexity index is 1080. The summed E-state index contributed by atoms with van der Waals surface area (Å²) in [6, 6.07) is 17.1. The predicted molar refractivity (Wildman–Crippen MR) is 129 cm³/mol. The second-order valence-corrected chi connectivity index (χ2v) is 8.08. The lowest BCUT2D eigenvalue weighted by Crippen LogP contribution is -2.41. The van der Waals surface area contributed by atoms with Crippen molar-refractivity contribution in [2.75, 3.05) is 20.2 Å². The summed E-state index contributed by atoms with van der Waals surface area (Å²) in [7, 11) is 3.65. The zero-order chi connectivity index (χ0) is 23.8. The van der Waals surface area contributed by atoms with Gasteiger partial charge in [0.1, 0.15) is 5.69 Å². The second-order valence-electron chi connectivity index (χ2n) is 8.08. The van der Waals surface area contributed by atoms with E-state index < -0.39 is 0 Å². The van der Waals surface area contributed by atoms with Crippen LogP contribution in [-0.4, -0.2) is 52.5 Å². The minimum absolute atomic E-state index is 0.0994. The summed E-state index contributed by atoms with van der Waals surface area (Å²) >= 11 is 0. The normalized spacial score (nSPS) is 11.6. The van der Waals surface area contributed by atoms with Crippen molar-refractivity contribution in [1.82, 2.24) is 19.8 Å². The first-order chi connectivity index (χ1) is 15.9. The molecule has 1 atom stereocenters. The van der Waals surface area contributed by atoms with E-state index in [0.717, 1.165) is 11.3 Å². The molecule has 1 aromatic carbocycles. The van der Waals surface area contributed by atoms with E-state index in [1.54, 1.807) is 27.7 Å². The first-order valence-electron chi connectivity index (χ1n) is 11.2. The van der Waals surface area contributed by atoms with Gasteiger partial charge in [0.15, 0.2) is 0 Å². The number of benzene rings is 1. The Balaban J connectivity index is 1.74. The number of likely N-dealkylation sites (N-methyl/N-ethyl adjacent to an activating group) is 1. The number of hydrogen-bond acceptors (Lipinski definition) is 4. The molecule has 0 saturated carbocycles. The molecule has 0 radical (unpaired) electrons. The molecule has 33 heavy (non-hydrogen) atoms. The molecule has 0 unspecified atom stereocenters. The molecule has 0 bridgehead atoms. The summed E-state index contributed by atoms with van der Waals surface area (Å²) in [4.78, 5) is 32.0. The van der Waals surface area contributed by atoms with Crippen molar-refractivity contribution in [2.45, 2.75) is 32.7 Å². The number of carbonyl (C=O) groups is 2. The average Bonchev–Trinajstić information content (AvgIpc) is 3.24. The first kappa shape index (κ1) is 24.0. The third kappa shape index (κ3) is 6.44. The summed E-state index contributed by atoms with van der Waals surface area (Å²) < 4.78 is 7.30. The smallest absolute Gasteiger partial charge is 0.267 e. The Hall–Kier alpha value is -3.61. The largest absolute Gasteiger partial charge is 0.478 e. The van der Waals surface area contributed by atoms with Crippen molar-refractivity contribution in [1.29, 1.82) is 0 Å². The quantitative estimate of drug-likeness (QED) is 0.514. The zero-order valence-electron chi connectivity index (χ0n) is 19.7. The highest BCUT2D eigenvalue weighted by atomic mass is 16.5. The van der Waals surface area contributed by atoms with Gasteiger partial charge in [0.05, 0.1) is 6.61 Å².